The van der Waals surface area contributed by atoms with E-state index < -0.39 is 5.97 Å². The highest BCUT2D eigenvalue weighted by Gasteiger charge is 2.25. The maximum atomic E-state index is 11.3. The van der Waals surface area contributed by atoms with E-state index in [1.807, 2.05) is 18.2 Å². The Morgan fingerprint density at radius 3 is 2.81 bits per heavy atom. The van der Waals surface area contributed by atoms with Gasteiger partial charge in [-0.05, 0) is 53.8 Å². The van der Waals surface area contributed by atoms with Crippen LogP contribution in [0.4, 0.5) is 5.69 Å². The molecule has 0 radical (unpaired) electrons. The molecule has 0 saturated carbocycles. The first-order chi connectivity index (χ1) is 15.5. The zero-order valence-corrected chi connectivity index (χ0v) is 18.9. The molecule has 0 bridgehead atoms. The lowest BCUT2D eigenvalue weighted by molar-refractivity contribution is -0.136. The van der Waals surface area contributed by atoms with Crippen LogP contribution in [0.5, 0.6) is 5.75 Å². The molecule has 5 nitrogen and oxygen atoms in total. The van der Waals surface area contributed by atoms with Crippen LogP contribution in [0.1, 0.15) is 43.9 Å². The van der Waals surface area contributed by atoms with Crippen molar-refractivity contribution in [2.24, 2.45) is 0 Å². The van der Waals surface area contributed by atoms with Crippen molar-refractivity contribution in [3.8, 4) is 5.75 Å². The van der Waals surface area contributed by atoms with Gasteiger partial charge in [-0.15, -0.1) is 0 Å². The van der Waals surface area contributed by atoms with Crippen LogP contribution in [0.3, 0.4) is 0 Å². The fourth-order valence-electron chi connectivity index (χ4n) is 4.61. The van der Waals surface area contributed by atoms with Crippen LogP contribution >= 0.6 is 0 Å². The van der Waals surface area contributed by atoms with Crippen LogP contribution in [0, 0.1) is 0 Å². The van der Waals surface area contributed by atoms with Crippen molar-refractivity contribution < 1.29 is 14.6 Å². The summed E-state index contributed by atoms with van der Waals surface area (Å²) in [4.78, 5) is 13.6. The number of hydrogen-bond donors (Lipinski definition) is 2. The quantitative estimate of drug-likeness (QED) is 0.488. The van der Waals surface area contributed by atoms with Crippen LogP contribution < -0.4 is 15.0 Å². The summed E-state index contributed by atoms with van der Waals surface area (Å²) in [5.41, 5.74) is 3.14. The Morgan fingerprint density at radius 1 is 1.19 bits per heavy atom. The first kappa shape index (κ1) is 22.2. The first-order valence-corrected chi connectivity index (χ1v) is 11.5. The molecule has 1 fully saturated rings. The van der Waals surface area contributed by atoms with Gasteiger partial charge < -0.3 is 20.1 Å². The standard InChI is InChI=1S/C27H32N2O3/c1-3-13-32-24-15-20(16-27(30)31)14-23(17-24)29-12-11-22(18-29)28-19(2)25-10-6-8-21-7-4-5-9-26(21)25/h4-10,14-15,17,19,22,28H,3,11-13,16,18H2,1-2H3,(H,30,31)/t19-,22+/m1/s1. The number of anilines is 1. The number of hydrogen-bond acceptors (Lipinski definition) is 4. The van der Waals surface area contributed by atoms with Crippen LogP contribution in [-0.4, -0.2) is 36.8 Å². The minimum absolute atomic E-state index is 0.00393. The Labute approximate surface area is 190 Å². The van der Waals surface area contributed by atoms with Gasteiger partial charge in [0.15, 0.2) is 0 Å². The van der Waals surface area contributed by atoms with E-state index in [2.05, 4.69) is 66.5 Å². The van der Waals surface area contributed by atoms with Crippen molar-refractivity contribution in [3.05, 3.63) is 71.8 Å². The number of carbonyl (C=O) groups is 1. The first-order valence-electron chi connectivity index (χ1n) is 11.5. The fraction of sp³-hybridized carbons (Fsp3) is 0.370. The van der Waals surface area contributed by atoms with Crippen molar-refractivity contribution in [3.63, 3.8) is 0 Å². The van der Waals surface area contributed by atoms with Crippen LogP contribution in [0.2, 0.25) is 0 Å². The molecule has 3 aromatic rings. The highest BCUT2D eigenvalue weighted by Crippen LogP contribution is 2.29. The van der Waals surface area contributed by atoms with Crippen LogP contribution in [0.15, 0.2) is 60.7 Å². The van der Waals surface area contributed by atoms with E-state index in [1.54, 1.807) is 0 Å². The molecule has 0 unspecified atom stereocenters. The van der Waals surface area contributed by atoms with Gasteiger partial charge in [0.05, 0.1) is 13.0 Å². The highest BCUT2D eigenvalue weighted by molar-refractivity contribution is 5.86. The van der Waals surface area contributed by atoms with E-state index in [9.17, 15) is 9.90 Å². The Kier molecular flexibility index (Phi) is 6.96. The maximum absolute atomic E-state index is 11.3. The lowest BCUT2D eigenvalue weighted by Crippen LogP contribution is -2.34. The molecular weight excluding hydrogens is 400 g/mol. The van der Waals surface area contributed by atoms with Gasteiger partial charge in [-0.25, -0.2) is 0 Å². The molecule has 0 aliphatic carbocycles. The van der Waals surface area contributed by atoms with Crippen molar-refractivity contribution >= 4 is 22.4 Å². The molecule has 32 heavy (non-hydrogen) atoms. The number of benzene rings is 3. The molecule has 0 amide bonds. The molecule has 2 atom stereocenters. The largest absolute Gasteiger partial charge is 0.494 e. The summed E-state index contributed by atoms with van der Waals surface area (Å²) in [6.45, 7) is 6.75. The zero-order chi connectivity index (χ0) is 22.5. The minimum atomic E-state index is -0.825. The van der Waals surface area contributed by atoms with Gasteiger partial charge in [-0.1, -0.05) is 49.4 Å². The van der Waals surface area contributed by atoms with Crippen LogP contribution in [0.25, 0.3) is 10.8 Å². The van der Waals surface area contributed by atoms with E-state index in [1.165, 1.54) is 16.3 Å². The number of carboxylic acid groups (broad SMARTS) is 1. The van der Waals surface area contributed by atoms with Crippen LogP contribution in [-0.2, 0) is 11.2 Å². The fourth-order valence-corrected chi connectivity index (χ4v) is 4.61. The second-order valence-corrected chi connectivity index (χ2v) is 8.64. The Morgan fingerprint density at radius 2 is 2.00 bits per heavy atom. The summed E-state index contributed by atoms with van der Waals surface area (Å²) in [5.74, 6) is -0.0744. The zero-order valence-electron chi connectivity index (χ0n) is 18.9. The number of ether oxygens (including phenoxy) is 1. The summed E-state index contributed by atoms with van der Waals surface area (Å²) in [6.07, 6.45) is 1.97. The molecule has 5 heteroatoms. The van der Waals surface area contributed by atoms with Gasteiger partial charge in [0, 0.05) is 36.9 Å². The molecule has 4 rings (SSSR count). The second-order valence-electron chi connectivity index (χ2n) is 8.64. The van der Waals surface area contributed by atoms with Crippen molar-refractivity contribution in [1.82, 2.24) is 5.32 Å². The van der Waals surface area contributed by atoms with E-state index in [0.29, 0.717) is 12.6 Å². The summed E-state index contributed by atoms with van der Waals surface area (Å²) in [6, 6.07) is 21.5. The summed E-state index contributed by atoms with van der Waals surface area (Å²) in [7, 11) is 0. The van der Waals surface area contributed by atoms with Gasteiger partial charge in [0.1, 0.15) is 5.75 Å². The number of rotatable bonds is 9. The predicted molar refractivity (Wildman–Crippen MR) is 130 cm³/mol. The lowest BCUT2D eigenvalue weighted by Gasteiger charge is -2.23. The average Bonchev–Trinajstić information content (AvgIpc) is 3.25. The van der Waals surface area contributed by atoms with E-state index in [0.717, 1.165) is 42.9 Å². The third kappa shape index (κ3) is 5.22. The summed E-state index contributed by atoms with van der Waals surface area (Å²) in [5, 5.41) is 15.6. The average molecular weight is 433 g/mol. The molecule has 1 aliphatic rings. The lowest BCUT2D eigenvalue weighted by atomic mass is 9.99. The van der Waals surface area contributed by atoms with Gasteiger partial charge in [-0.3, -0.25) is 4.79 Å². The molecule has 1 aliphatic heterocycles. The number of nitrogens with one attached hydrogen (secondary N) is 1. The number of carboxylic acids is 1. The molecule has 2 N–H and O–H groups in total. The maximum Gasteiger partial charge on any atom is 0.307 e. The number of nitrogens with zero attached hydrogens (tertiary/aromatic N) is 1. The highest BCUT2D eigenvalue weighted by atomic mass is 16.5. The van der Waals surface area contributed by atoms with Crippen molar-refractivity contribution in [2.75, 3.05) is 24.6 Å². The van der Waals surface area contributed by atoms with Gasteiger partial charge in [0.2, 0.25) is 0 Å². The molecule has 1 heterocycles. The van der Waals surface area contributed by atoms with Crippen molar-refractivity contribution in [2.45, 2.75) is 45.2 Å². The molecule has 3 aromatic carbocycles. The number of aliphatic carboxylic acids is 1. The van der Waals surface area contributed by atoms with Gasteiger partial charge >= 0.3 is 5.97 Å². The Bertz CT molecular complexity index is 1080. The third-order valence-electron chi connectivity index (χ3n) is 6.11. The van der Waals surface area contributed by atoms with E-state index in [4.69, 9.17) is 4.74 Å². The molecule has 1 saturated heterocycles. The van der Waals surface area contributed by atoms with E-state index in [-0.39, 0.29) is 12.5 Å². The summed E-state index contributed by atoms with van der Waals surface area (Å²) >= 11 is 0. The molecule has 0 spiro atoms. The SMILES string of the molecule is CCCOc1cc(CC(=O)O)cc(N2CC[C@H](N[C@H](C)c3cccc4ccccc34)C2)c1. The van der Waals surface area contributed by atoms with Crippen molar-refractivity contribution in [1.29, 1.82) is 0 Å². The normalized spacial score (nSPS) is 16.9. The minimum Gasteiger partial charge on any atom is -0.494 e. The Hall–Kier alpha value is -3.05. The molecular formula is C27H32N2O3. The van der Waals surface area contributed by atoms with E-state index >= 15 is 0 Å². The Balaban J connectivity index is 1.47. The summed E-state index contributed by atoms with van der Waals surface area (Å²) < 4.78 is 5.83. The molecule has 0 aromatic heterocycles. The van der Waals surface area contributed by atoms with Gasteiger partial charge in [0.25, 0.3) is 0 Å². The number of fused-ring (bicyclic) bond motifs is 1. The second kappa shape index (κ2) is 10.0. The van der Waals surface area contributed by atoms with Gasteiger partial charge in [-0.2, -0.15) is 0 Å². The topological polar surface area (TPSA) is 61.8 Å². The third-order valence-corrected chi connectivity index (χ3v) is 6.11. The monoisotopic (exact) mass is 432 g/mol. The smallest absolute Gasteiger partial charge is 0.307 e. The molecule has 168 valence electrons. The predicted octanol–water partition coefficient (Wildman–Crippen LogP) is 5.19.